The second kappa shape index (κ2) is 11.2. The van der Waals surface area contributed by atoms with Gasteiger partial charge in [-0.15, -0.1) is 11.3 Å². The number of hydrogen-bond acceptors (Lipinski definition) is 6. The van der Waals surface area contributed by atoms with Gasteiger partial charge < -0.3 is 19.9 Å². The maximum atomic E-state index is 13.5. The van der Waals surface area contributed by atoms with Crippen LogP contribution in [0.15, 0.2) is 41.8 Å². The number of thiophene rings is 1. The van der Waals surface area contributed by atoms with Gasteiger partial charge in [-0.1, -0.05) is 35.9 Å². The number of amides is 2. The number of piperazine rings is 1. The van der Waals surface area contributed by atoms with Crippen LogP contribution in [0.4, 0.5) is 0 Å². The normalized spacial score (nSPS) is 21.1. The van der Waals surface area contributed by atoms with Gasteiger partial charge in [-0.2, -0.15) is 0 Å². The lowest BCUT2D eigenvalue weighted by atomic mass is 10.1. The van der Waals surface area contributed by atoms with Crippen molar-refractivity contribution < 1.29 is 14.3 Å². The van der Waals surface area contributed by atoms with E-state index in [0.29, 0.717) is 37.5 Å². The van der Waals surface area contributed by atoms with Crippen molar-refractivity contribution >= 4 is 23.2 Å². The summed E-state index contributed by atoms with van der Waals surface area (Å²) in [6.07, 6.45) is 0.648. The molecule has 2 saturated heterocycles. The first-order valence-electron chi connectivity index (χ1n) is 11.7. The minimum atomic E-state index is -0.425. The number of hydrogen-bond donors (Lipinski definition) is 1. The highest BCUT2D eigenvalue weighted by Crippen LogP contribution is 2.28. The molecular formula is C25H34N4O3S. The quantitative estimate of drug-likeness (QED) is 0.641. The minimum Gasteiger partial charge on any atom is -0.383 e. The summed E-state index contributed by atoms with van der Waals surface area (Å²) >= 11 is 1.43. The average Bonchev–Trinajstić information content (AvgIpc) is 3.53. The number of nitrogens with zero attached hydrogens (tertiary/aromatic N) is 3. The van der Waals surface area contributed by atoms with Crippen LogP contribution in [0.1, 0.15) is 27.2 Å². The first-order valence-corrected chi connectivity index (χ1v) is 12.6. The van der Waals surface area contributed by atoms with Crippen molar-refractivity contribution in [2.24, 2.45) is 0 Å². The van der Waals surface area contributed by atoms with Gasteiger partial charge in [-0.05, 0) is 30.4 Å². The number of methoxy groups -OCH3 is 1. The minimum absolute atomic E-state index is 0.0389. The van der Waals surface area contributed by atoms with Crippen LogP contribution in [0.5, 0.6) is 0 Å². The summed E-state index contributed by atoms with van der Waals surface area (Å²) in [6, 6.07) is 12.0. The molecule has 0 radical (unpaired) electrons. The number of carbonyl (C=O) groups excluding carboxylic acids is 2. The molecule has 2 unspecified atom stereocenters. The van der Waals surface area contributed by atoms with E-state index in [0.717, 1.165) is 26.2 Å². The van der Waals surface area contributed by atoms with Crippen LogP contribution in [0.25, 0.3) is 0 Å². The number of carbonyl (C=O) groups is 2. The first kappa shape index (κ1) is 23.9. The molecule has 0 saturated carbocycles. The largest absolute Gasteiger partial charge is 0.383 e. The van der Waals surface area contributed by atoms with Gasteiger partial charge in [0.25, 0.3) is 5.91 Å². The molecule has 0 spiro atoms. The number of nitrogens with one attached hydrogen (secondary N) is 1. The lowest BCUT2D eigenvalue weighted by Gasteiger charge is -2.32. The van der Waals surface area contributed by atoms with E-state index in [-0.39, 0.29) is 17.9 Å². The van der Waals surface area contributed by atoms with E-state index in [1.54, 1.807) is 7.11 Å². The Morgan fingerprint density at radius 2 is 1.94 bits per heavy atom. The zero-order chi connectivity index (χ0) is 23.2. The standard InChI is InChI=1S/C25H34N4O3S/c1-19-5-7-20(8-6-19)17-28(13-14-32-2)21-16-22(24(30)27-11-9-26-10-12-27)29(18-21)25(31)23-4-3-15-33-23/h3-8,15,21-22,26H,9-14,16-18H2,1-2H3. The van der Waals surface area contributed by atoms with Crippen molar-refractivity contribution in [3.05, 3.63) is 57.8 Å². The Morgan fingerprint density at radius 3 is 2.61 bits per heavy atom. The van der Waals surface area contributed by atoms with Gasteiger partial charge in [0.05, 0.1) is 11.5 Å². The molecule has 1 aromatic carbocycles. The number of aryl methyl sites for hydroxylation is 1. The molecule has 0 bridgehead atoms. The molecule has 2 aromatic rings. The molecule has 2 aliphatic heterocycles. The number of likely N-dealkylation sites (tertiary alicyclic amines) is 1. The van der Waals surface area contributed by atoms with E-state index >= 15 is 0 Å². The molecule has 0 aliphatic carbocycles. The molecular weight excluding hydrogens is 436 g/mol. The summed E-state index contributed by atoms with van der Waals surface area (Å²) in [7, 11) is 1.71. The zero-order valence-corrected chi connectivity index (χ0v) is 20.4. The van der Waals surface area contributed by atoms with Crippen molar-refractivity contribution in [3.63, 3.8) is 0 Å². The summed E-state index contributed by atoms with van der Waals surface area (Å²) in [5.74, 6) is 0.0361. The van der Waals surface area contributed by atoms with Crippen LogP contribution in [0.2, 0.25) is 0 Å². The molecule has 2 fully saturated rings. The van der Waals surface area contributed by atoms with Gasteiger partial charge in [0, 0.05) is 59.0 Å². The van der Waals surface area contributed by atoms with Crippen molar-refractivity contribution in [3.8, 4) is 0 Å². The predicted octanol–water partition coefficient (Wildman–Crippen LogP) is 2.22. The zero-order valence-electron chi connectivity index (χ0n) is 19.5. The van der Waals surface area contributed by atoms with Gasteiger partial charge in [0.15, 0.2) is 0 Å². The first-order chi connectivity index (χ1) is 16.1. The van der Waals surface area contributed by atoms with Crippen molar-refractivity contribution in [2.75, 3.05) is 53.0 Å². The third kappa shape index (κ3) is 5.81. The monoisotopic (exact) mass is 470 g/mol. The fraction of sp³-hybridized carbons (Fsp3) is 0.520. The Bertz CT molecular complexity index is 912. The van der Waals surface area contributed by atoms with Crippen LogP contribution in [-0.2, 0) is 16.1 Å². The summed E-state index contributed by atoms with van der Waals surface area (Å²) in [5, 5.41) is 5.22. The lowest BCUT2D eigenvalue weighted by molar-refractivity contribution is -0.135. The Kier molecular flexibility index (Phi) is 8.14. The maximum Gasteiger partial charge on any atom is 0.264 e. The Hall–Kier alpha value is -2.26. The summed E-state index contributed by atoms with van der Waals surface area (Å²) in [4.78, 5) is 33.7. The van der Waals surface area contributed by atoms with Gasteiger partial charge in [-0.3, -0.25) is 14.5 Å². The Balaban J connectivity index is 1.56. The third-order valence-corrected chi connectivity index (χ3v) is 7.45. The molecule has 8 heteroatoms. The molecule has 33 heavy (non-hydrogen) atoms. The molecule has 2 atom stereocenters. The van der Waals surface area contributed by atoms with Crippen LogP contribution >= 0.6 is 11.3 Å². The Labute approximate surface area is 200 Å². The molecule has 7 nitrogen and oxygen atoms in total. The Morgan fingerprint density at radius 1 is 1.18 bits per heavy atom. The SMILES string of the molecule is COCCN(Cc1ccc(C)cc1)C1CC(C(=O)N2CCNCC2)N(C(=O)c2cccs2)C1. The van der Waals surface area contributed by atoms with Crippen LogP contribution in [0, 0.1) is 6.92 Å². The van der Waals surface area contributed by atoms with Crippen LogP contribution < -0.4 is 5.32 Å². The van der Waals surface area contributed by atoms with Crippen LogP contribution in [0.3, 0.4) is 0 Å². The molecule has 1 N–H and O–H groups in total. The van der Waals surface area contributed by atoms with E-state index < -0.39 is 6.04 Å². The van der Waals surface area contributed by atoms with E-state index in [1.165, 1.54) is 22.5 Å². The van der Waals surface area contributed by atoms with Crippen molar-refractivity contribution in [1.82, 2.24) is 20.0 Å². The van der Waals surface area contributed by atoms with E-state index in [2.05, 4.69) is 41.4 Å². The number of rotatable bonds is 8. The molecule has 178 valence electrons. The van der Waals surface area contributed by atoms with E-state index in [9.17, 15) is 9.59 Å². The molecule has 4 rings (SSSR count). The predicted molar refractivity (Wildman–Crippen MR) is 130 cm³/mol. The fourth-order valence-electron chi connectivity index (χ4n) is 4.70. The summed E-state index contributed by atoms with van der Waals surface area (Å²) in [6.45, 7) is 7.75. The molecule has 2 amide bonds. The molecule has 3 heterocycles. The summed E-state index contributed by atoms with van der Waals surface area (Å²) in [5.41, 5.74) is 2.46. The number of ether oxygens (including phenoxy) is 1. The maximum absolute atomic E-state index is 13.5. The highest BCUT2D eigenvalue weighted by Gasteiger charge is 2.43. The molecule has 1 aromatic heterocycles. The second-order valence-electron chi connectivity index (χ2n) is 8.86. The molecule has 2 aliphatic rings. The third-order valence-electron chi connectivity index (χ3n) is 6.59. The number of benzene rings is 1. The van der Waals surface area contributed by atoms with Crippen LogP contribution in [-0.4, -0.2) is 91.6 Å². The van der Waals surface area contributed by atoms with Gasteiger partial charge in [-0.25, -0.2) is 0 Å². The smallest absolute Gasteiger partial charge is 0.264 e. The highest BCUT2D eigenvalue weighted by atomic mass is 32.1. The van der Waals surface area contributed by atoms with Crippen molar-refractivity contribution in [1.29, 1.82) is 0 Å². The van der Waals surface area contributed by atoms with Crippen molar-refractivity contribution in [2.45, 2.75) is 32.0 Å². The van der Waals surface area contributed by atoms with Gasteiger partial charge in [0.1, 0.15) is 6.04 Å². The van der Waals surface area contributed by atoms with Gasteiger partial charge >= 0.3 is 0 Å². The van der Waals surface area contributed by atoms with E-state index in [1.807, 2.05) is 27.3 Å². The topological polar surface area (TPSA) is 65.1 Å². The highest BCUT2D eigenvalue weighted by molar-refractivity contribution is 7.12. The van der Waals surface area contributed by atoms with Gasteiger partial charge in [0.2, 0.25) is 5.91 Å². The average molecular weight is 471 g/mol. The fourth-order valence-corrected chi connectivity index (χ4v) is 5.38. The summed E-state index contributed by atoms with van der Waals surface area (Å²) < 4.78 is 5.39. The second-order valence-corrected chi connectivity index (χ2v) is 9.81. The van der Waals surface area contributed by atoms with E-state index in [4.69, 9.17) is 4.74 Å². The lowest BCUT2D eigenvalue weighted by Crippen LogP contribution is -2.53.